The van der Waals surface area contributed by atoms with E-state index in [1.54, 1.807) is 0 Å². The van der Waals surface area contributed by atoms with Crippen LogP contribution >= 0.6 is 0 Å². The molecule has 11 heteroatoms. The van der Waals surface area contributed by atoms with E-state index in [0.717, 1.165) is 10.4 Å². The Morgan fingerprint density at radius 3 is 2.42 bits per heavy atom. The molecule has 1 saturated heterocycles. The van der Waals surface area contributed by atoms with Gasteiger partial charge in [0.25, 0.3) is 5.91 Å². The van der Waals surface area contributed by atoms with Gasteiger partial charge in [0.05, 0.1) is 17.0 Å². The topological polar surface area (TPSA) is 95.6 Å². The van der Waals surface area contributed by atoms with E-state index in [9.17, 15) is 31.2 Å². The number of carbonyl (C=O) groups is 2. The highest BCUT2D eigenvalue weighted by molar-refractivity contribution is 7.89. The summed E-state index contributed by atoms with van der Waals surface area (Å²) in [6, 6.07) is 10.3. The average Bonchev–Trinajstić information content (AvgIpc) is 2.73. The van der Waals surface area contributed by atoms with Crippen LogP contribution in [0.15, 0.2) is 53.4 Å². The molecule has 0 aliphatic carbocycles. The van der Waals surface area contributed by atoms with Crippen LogP contribution in [0.1, 0.15) is 21.5 Å². The summed E-state index contributed by atoms with van der Waals surface area (Å²) in [5, 5.41) is 5.08. The molecule has 1 aliphatic heterocycles. The minimum absolute atomic E-state index is 0.00902. The third-order valence-corrected chi connectivity index (χ3v) is 6.62. The Hall–Kier alpha value is -2.92. The van der Waals surface area contributed by atoms with Crippen molar-refractivity contribution < 1.29 is 31.2 Å². The highest BCUT2D eigenvalue weighted by Crippen LogP contribution is 2.31. The van der Waals surface area contributed by atoms with E-state index < -0.39 is 33.6 Å². The lowest BCUT2D eigenvalue weighted by atomic mass is 10.0. The molecule has 0 spiro atoms. The van der Waals surface area contributed by atoms with Gasteiger partial charge < -0.3 is 10.6 Å². The predicted octanol–water partition coefficient (Wildman–Crippen LogP) is 1.80. The van der Waals surface area contributed by atoms with Gasteiger partial charge in [-0.15, -0.1) is 0 Å². The molecule has 0 atom stereocenters. The van der Waals surface area contributed by atoms with E-state index in [-0.39, 0.29) is 48.6 Å². The van der Waals surface area contributed by atoms with Gasteiger partial charge in [0.15, 0.2) is 0 Å². The lowest BCUT2D eigenvalue weighted by Crippen LogP contribution is -2.49. The van der Waals surface area contributed by atoms with Crippen LogP contribution in [0.4, 0.5) is 13.2 Å². The van der Waals surface area contributed by atoms with Crippen molar-refractivity contribution in [2.45, 2.75) is 17.5 Å². The Labute approximate surface area is 177 Å². The molecule has 0 bridgehead atoms. The van der Waals surface area contributed by atoms with Crippen molar-refractivity contribution in [3.63, 3.8) is 0 Å². The van der Waals surface area contributed by atoms with Gasteiger partial charge in [0, 0.05) is 25.2 Å². The van der Waals surface area contributed by atoms with Crippen LogP contribution in [-0.2, 0) is 27.4 Å². The Morgan fingerprint density at radius 1 is 1.10 bits per heavy atom. The molecule has 1 heterocycles. The fourth-order valence-corrected chi connectivity index (χ4v) is 4.57. The summed E-state index contributed by atoms with van der Waals surface area (Å²) in [6.45, 7) is 0.0740. The van der Waals surface area contributed by atoms with Gasteiger partial charge in [0.1, 0.15) is 0 Å². The molecule has 2 amide bonds. The number of nitrogens with one attached hydrogen (secondary N) is 2. The highest BCUT2D eigenvalue weighted by Gasteiger charge is 2.32. The van der Waals surface area contributed by atoms with E-state index in [0.29, 0.717) is 0 Å². The first-order valence-corrected chi connectivity index (χ1v) is 10.8. The quantitative estimate of drug-likeness (QED) is 0.695. The minimum Gasteiger partial charge on any atom is -0.354 e. The number of hydrogen-bond acceptors (Lipinski definition) is 4. The largest absolute Gasteiger partial charge is 0.416 e. The van der Waals surface area contributed by atoms with Crippen molar-refractivity contribution in [3.8, 4) is 0 Å². The Morgan fingerprint density at radius 2 is 1.77 bits per heavy atom. The molecule has 7 nitrogen and oxygen atoms in total. The van der Waals surface area contributed by atoms with Crippen molar-refractivity contribution in [2.75, 3.05) is 26.2 Å². The van der Waals surface area contributed by atoms with Crippen molar-refractivity contribution >= 4 is 21.8 Å². The Bertz CT molecular complexity index is 1070. The monoisotopic (exact) mass is 455 g/mol. The number of piperazine rings is 1. The third kappa shape index (κ3) is 5.42. The fraction of sp³-hybridized carbons (Fsp3) is 0.300. The number of amides is 2. The number of nitrogens with zero attached hydrogens (tertiary/aromatic N) is 1. The first kappa shape index (κ1) is 22.8. The number of benzene rings is 2. The maximum atomic E-state index is 13.0. The predicted molar refractivity (Wildman–Crippen MR) is 106 cm³/mol. The molecule has 2 aromatic carbocycles. The molecule has 166 valence electrons. The highest BCUT2D eigenvalue weighted by atomic mass is 32.2. The standard InChI is InChI=1S/C20H20F3N3O4S/c21-20(22,23)17-4-2-1-3-14(17)9-10-25-19(28)15-5-7-16(8-6-15)31(29,30)26-12-11-24-18(27)13-26/h1-8H,9-13H2,(H,24,27)(H,25,28). The van der Waals surface area contributed by atoms with Crippen LogP contribution in [0, 0.1) is 0 Å². The second kappa shape index (κ2) is 9.06. The summed E-state index contributed by atoms with van der Waals surface area (Å²) in [6.07, 6.45) is -4.48. The fourth-order valence-electron chi connectivity index (χ4n) is 3.18. The first-order valence-electron chi connectivity index (χ1n) is 9.39. The molecule has 3 rings (SSSR count). The lowest BCUT2D eigenvalue weighted by Gasteiger charge is -2.25. The number of halogens is 3. The zero-order chi connectivity index (χ0) is 22.6. The molecular weight excluding hydrogens is 435 g/mol. The van der Waals surface area contributed by atoms with Gasteiger partial charge >= 0.3 is 6.18 Å². The molecule has 0 saturated carbocycles. The number of carbonyl (C=O) groups excluding carboxylic acids is 2. The zero-order valence-corrected chi connectivity index (χ0v) is 17.1. The van der Waals surface area contributed by atoms with Crippen molar-refractivity contribution in [3.05, 3.63) is 65.2 Å². The molecule has 0 aromatic heterocycles. The van der Waals surface area contributed by atoms with Crippen molar-refractivity contribution in [1.82, 2.24) is 14.9 Å². The first-order chi connectivity index (χ1) is 14.6. The van der Waals surface area contributed by atoms with Crippen LogP contribution in [0.3, 0.4) is 0 Å². The number of hydrogen-bond donors (Lipinski definition) is 2. The van der Waals surface area contributed by atoms with Crippen molar-refractivity contribution in [1.29, 1.82) is 0 Å². The van der Waals surface area contributed by atoms with Crippen LogP contribution in [0.25, 0.3) is 0 Å². The van der Waals surface area contributed by atoms with E-state index >= 15 is 0 Å². The lowest BCUT2D eigenvalue weighted by molar-refractivity contribution is -0.138. The second-order valence-electron chi connectivity index (χ2n) is 6.87. The normalized spacial score (nSPS) is 15.4. The molecule has 1 aliphatic rings. The van der Waals surface area contributed by atoms with Gasteiger partial charge in [-0.2, -0.15) is 17.5 Å². The summed E-state index contributed by atoms with van der Waals surface area (Å²) < 4.78 is 65.4. The summed E-state index contributed by atoms with van der Waals surface area (Å²) in [7, 11) is -3.87. The summed E-state index contributed by atoms with van der Waals surface area (Å²) in [5.74, 6) is -0.927. The van der Waals surface area contributed by atoms with Gasteiger partial charge in [-0.1, -0.05) is 18.2 Å². The summed E-state index contributed by atoms with van der Waals surface area (Å²) >= 11 is 0. The molecule has 0 unspecified atom stereocenters. The van der Waals surface area contributed by atoms with E-state index in [4.69, 9.17) is 0 Å². The average molecular weight is 455 g/mol. The number of rotatable bonds is 6. The van der Waals surface area contributed by atoms with Gasteiger partial charge in [0.2, 0.25) is 15.9 Å². The van der Waals surface area contributed by atoms with E-state index in [1.807, 2.05) is 0 Å². The molecule has 31 heavy (non-hydrogen) atoms. The summed E-state index contributed by atoms with van der Waals surface area (Å²) in [5.41, 5.74) is -0.507. The number of sulfonamides is 1. The van der Waals surface area contributed by atoms with Crippen LogP contribution < -0.4 is 10.6 Å². The Balaban J connectivity index is 1.62. The van der Waals surface area contributed by atoms with Crippen LogP contribution in [-0.4, -0.2) is 50.7 Å². The van der Waals surface area contributed by atoms with E-state index in [2.05, 4.69) is 10.6 Å². The maximum Gasteiger partial charge on any atom is 0.416 e. The molecule has 1 fully saturated rings. The summed E-state index contributed by atoms with van der Waals surface area (Å²) in [4.78, 5) is 23.7. The maximum absolute atomic E-state index is 13.0. The van der Waals surface area contributed by atoms with Gasteiger partial charge in [-0.25, -0.2) is 8.42 Å². The Kier molecular flexibility index (Phi) is 6.65. The van der Waals surface area contributed by atoms with E-state index in [1.165, 1.54) is 42.5 Å². The number of alkyl halides is 3. The molecule has 2 aromatic rings. The zero-order valence-electron chi connectivity index (χ0n) is 16.3. The van der Waals surface area contributed by atoms with Gasteiger partial charge in [-0.3, -0.25) is 9.59 Å². The third-order valence-electron chi connectivity index (χ3n) is 4.76. The van der Waals surface area contributed by atoms with Crippen LogP contribution in [0.5, 0.6) is 0 Å². The SMILES string of the molecule is O=C1CN(S(=O)(=O)c2ccc(C(=O)NCCc3ccccc3C(F)(F)F)cc2)CCN1. The minimum atomic E-state index is -4.48. The second-order valence-corrected chi connectivity index (χ2v) is 8.81. The molecule has 2 N–H and O–H groups in total. The van der Waals surface area contributed by atoms with Crippen LogP contribution in [0.2, 0.25) is 0 Å². The smallest absolute Gasteiger partial charge is 0.354 e. The van der Waals surface area contributed by atoms with Crippen molar-refractivity contribution in [2.24, 2.45) is 0 Å². The molecule has 0 radical (unpaired) electrons. The van der Waals surface area contributed by atoms with Gasteiger partial charge in [-0.05, 0) is 42.3 Å². The molecular formula is C20H20F3N3O4S.